The minimum Gasteiger partial charge on any atom is -0.383 e. The maximum Gasteiger partial charge on any atom is 0.356 e. The number of nitrogens with two attached hydrogens (primary N) is 1. The van der Waals surface area contributed by atoms with Crippen molar-refractivity contribution in [3.8, 4) is 0 Å². The normalized spacial score (nSPS) is 16.4. The van der Waals surface area contributed by atoms with E-state index in [2.05, 4.69) is 4.99 Å². The summed E-state index contributed by atoms with van der Waals surface area (Å²) >= 11 is 0. The van der Waals surface area contributed by atoms with Crippen LogP contribution in [0, 0.1) is 6.92 Å². The van der Waals surface area contributed by atoms with E-state index in [4.69, 9.17) is 10.5 Å². The van der Waals surface area contributed by atoms with Gasteiger partial charge in [-0.25, -0.2) is 17.9 Å². The van der Waals surface area contributed by atoms with Crippen molar-refractivity contribution in [2.75, 3.05) is 26.3 Å². The van der Waals surface area contributed by atoms with Crippen LogP contribution in [0.25, 0.3) is 0 Å². The summed E-state index contributed by atoms with van der Waals surface area (Å²) in [6.07, 6.45) is 3.15. The van der Waals surface area contributed by atoms with Gasteiger partial charge < -0.3 is 15.4 Å². The van der Waals surface area contributed by atoms with Crippen LogP contribution in [0.5, 0.6) is 0 Å². The summed E-state index contributed by atoms with van der Waals surface area (Å²) in [6.45, 7) is 4.52. The number of rotatable bonds is 4. The predicted octanol–water partition coefficient (Wildman–Crippen LogP) is 0.596. The van der Waals surface area contributed by atoms with Gasteiger partial charge in [0.1, 0.15) is 5.84 Å². The highest BCUT2D eigenvalue weighted by Crippen LogP contribution is 2.09. The Hall–Kier alpha value is -2.39. The molecule has 0 aliphatic carbocycles. The second-order valence-electron chi connectivity index (χ2n) is 5.22. The average molecular weight is 352 g/mol. The molecule has 2 rings (SSSR count). The van der Waals surface area contributed by atoms with E-state index >= 15 is 0 Å². The number of amides is 2. The van der Waals surface area contributed by atoms with Crippen molar-refractivity contribution in [3.63, 3.8) is 0 Å². The largest absolute Gasteiger partial charge is 0.383 e. The minimum atomic E-state index is -3.97. The highest BCUT2D eigenvalue weighted by Gasteiger charge is 2.17. The van der Waals surface area contributed by atoms with Gasteiger partial charge in [0.2, 0.25) is 0 Å². The third-order valence-corrected chi connectivity index (χ3v) is 4.62. The zero-order valence-electron chi connectivity index (χ0n) is 13.3. The summed E-state index contributed by atoms with van der Waals surface area (Å²) in [5, 5.41) is 0. The van der Waals surface area contributed by atoms with Crippen LogP contribution >= 0.6 is 0 Å². The molecule has 1 aromatic rings. The van der Waals surface area contributed by atoms with E-state index in [0.29, 0.717) is 13.2 Å². The van der Waals surface area contributed by atoms with Gasteiger partial charge in [0.15, 0.2) is 0 Å². The summed E-state index contributed by atoms with van der Waals surface area (Å²) < 4.78 is 31.2. The van der Waals surface area contributed by atoms with Crippen LogP contribution < -0.4 is 10.5 Å². The summed E-state index contributed by atoms with van der Waals surface area (Å²) in [6, 6.07) is 5.07. The molecule has 0 radical (unpaired) electrons. The van der Waals surface area contributed by atoms with Crippen molar-refractivity contribution < 1.29 is 17.9 Å². The number of morpholine rings is 1. The molecular weight excluding hydrogens is 332 g/mol. The highest BCUT2D eigenvalue weighted by atomic mass is 32.2. The van der Waals surface area contributed by atoms with Crippen LogP contribution in [-0.2, 0) is 14.8 Å². The topological polar surface area (TPSA) is 114 Å². The smallest absolute Gasteiger partial charge is 0.356 e. The molecule has 0 atom stereocenters. The van der Waals surface area contributed by atoms with Crippen LogP contribution in [0.4, 0.5) is 4.79 Å². The molecule has 130 valence electrons. The summed E-state index contributed by atoms with van der Waals surface area (Å²) in [5.41, 5.74) is 6.53. The molecule has 2 amide bonds. The van der Waals surface area contributed by atoms with Crippen LogP contribution in [0.2, 0.25) is 0 Å². The van der Waals surface area contributed by atoms with E-state index in [-0.39, 0.29) is 10.7 Å². The molecule has 0 aromatic heterocycles. The third-order valence-electron chi connectivity index (χ3n) is 3.29. The SMILES string of the molecule is Cc1ccc(S(=O)(=O)NC(=O)N=C(N)/C=C/N2CCOCC2)cc1. The van der Waals surface area contributed by atoms with E-state index in [1.165, 1.54) is 18.2 Å². The number of carbonyl (C=O) groups is 1. The van der Waals surface area contributed by atoms with Crippen molar-refractivity contribution in [2.24, 2.45) is 10.7 Å². The number of ether oxygens (including phenoxy) is 1. The van der Waals surface area contributed by atoms with E-state index in [0.717, 1.165) is 18.7 Å². The van der Waals surface area contributed by atoms with Crippen molar-refractivity contribution in [2.45, 2.75) is 11.8 Å². The average Bonchev–Trinajstić information content (AvgIpc) is 2.53. The van der Waals surface area contributed by atoms with E-state index in [9.17, 15) is 13.2 Å². The van der Waals surface area contributed by atoms with Crippen LogP contribution in [0.3, 0.4) is 0 Å². The van der Waals surface area contributed by atoms with Gasteiger partial charge in [0, 0.05) is 19.3 Å². The minimum absolute atomic E-state index is 0.0147. The van der Waals surface area contributed by atoms with E-state index in [1.54, 1.807) is 18.3 Å². The Kier molecular flexibility index (Phi) is 5.93. The van der Waals surface area contributed by atoms with Crippen molar-refractivity contribution in [1.29, 1.82) is 0 Å². The first-order valence-corrected chi connectivity index (χ1v) is 8.83. The fraction of sp³-hybridized carbons (Fsp3) is 0.333. The molecule has 1 aliphatic rings. The van der Waals surface area contributed by atoms with Gasteiger partial charge >= 0.3 is 6.03 Å². The molecule has 1 aliphatic heterocycles. The molecule has 9 heteroatoms. The number of hydrogen-bond acceptors (Lipinski definition) is 5. The first-order chi connectivity index (χ1) is 11.4. The fourth-order valence-corrected chi connectivity index (χ4v) is 2.86. The van der Waals surface area contributed by atoms with Crippen molar-refractivity contribution in [1.82, 2.24) is 9.62 Å². The Morgan fingerprint density at radius 1 is 1.29 bits per heavy atom. The van der Waals surface area contributed by atoms with Crippen LogP contribution in [0.1, 0.15) is 5.56 Å². The summed E-state index contributed by atoms with van der Waals surface area (Å²) in [5.74, 6) is -0.0851. The van der Waals surface area contributed by atoms with E-state index < -0.39 is 16.1 Å². The Balaban J connectivity index is 1.97. The zero-order valence-corrected chi connectivity index (χ0v) is 14.1. The molecule has 0 bridgehead atoms. The van der Waals surface area contributed by atoms with Gasteiger partial charge in [-0.05, 0) is 25.1 Å². The van der Waals surface area contributed by atoms with Crippen molar-refractivity contribution in [3.05, 3.63) is 42.1 Å². The quantitative estimate of drug-likeness (QED) is 0.606. The standard InChI is InChI=1S/C15H20N4O4S/c1-12-2-4-13(5-3-12)24(21,22)18-15(20)17-14(16)6-7-19-8-10-23-11-9-19/h2-7H,8-11H2,1H3,(H3,16,17,18,20)/b7-6+. The number of amidine groups is 1. The summed E-state index contributed by atoms with van der Waals surface area (Å²) in [7, 11) is -3.97. The Morgan fingerprint density at radius 3 is 2.54 bits per heavy atom. The molecule has 1 aromatic carbocycles. The van der Waals surface area contributed by atoms with Crippen LogP contribution in [0.15, 0.2) is 46.4 Å². The lowest BCUT2D eigenvalue weighted by Gasteiger charge is -2.24. The van der Waals surface area contributed by atoms with Gasteiger partial charge in [0.05, 0.1) is 18.1 Å². The Morgan fingerprint density at radius 2 is 1.92 bits per heavy atom. The van der Waals surface area contributed by atoms with Gasteiger partial charge in [-0.2, -0.15) is 4.99 Å². The number of urea groups is 1. The molecule has 0 unspecified atom stereocenters. The lowest BCUT2D eigenvalue weighted by molar-refractivity contribution is 0.0594. The molecule has 0 saturated carbocycles. The number of carbonyl (C=O) groups excluding carboxylic acids is 1. The first-order valence-electron chi connectivity index (χ1n) is 7.34. The van der Waals surface area contributed by atoms with Crippen molar-refractivity contribution >= 4 is 21.9 Å². The lowest BCUT2D eigenvalue weighted by Crippen LogP contribution is -2.32. The molecular formula is C15H20N4O4S. The number of hydrogen-bond donors (Lipinski definition) is 2. The number of aryl methyl sites for hydroxylation is 1. The molecule has 24 heavy (non-hydrogen) atoms. The molecule has 3 N–H and O–H groups in total. The Labute approximate surface area is 141 Å². The second kappa shape index (κ2) is 7.93. The second-order valence-corrected chi connectivity index (χ2v) is 6.91. The maximum atomic E-state index is 12.1. The number of aliphatic imine (C=N–C) groups is 1. The van der Waals surface area contributed by atoms with Gasteiger partial charge in [0.25, 0.3) is 10.0 Å². The molecule has 1 saturated heterocycles. The lowest BCUT2D eigenvalue weighted by atomic mass is 10.2. The molecule has 8 nitrogen and oxygen atoms in total. The van der Waals surface area contributed by atoms with E-state index in [1.807, 2.05) is 16.5 Å². The zero-order chi connectivity index (χ0) is 17.6. The third kappa shape index (κ3) is 5.36. The number of nitrogens with one attached hydrogen (secondary N) is 1. The predicted molar refractivity (Wildman–Crippen MR) is 90.1 cm³/mol. The molecule has 1 heterocycles. The maximum absolute atomic E-state index is 12.1. The van der Waals surface area contributed by atoms with Gasteiger partial charge in [-0.15, -0.1) is 0 Å². The monoisotopic (exact) mass is 352 g/mol. The summed E-state index contributed by atoms with van der Waals surface area (Å²) in [4.78, 5) is 17.2. The number of sulfonamides is 1. The fourth-order valence-electron chi connectivity index (χ4n) is 1.98. The highest BCUT2D eigenvalue weighted by molar-refractivity contribution is 7.90. The first kappa shape index (κ1) is 18.0. The molecule has 1 fully saturated rings. The van der Waals surface area contributed by atoms with Gasteiger partial charge in [-0.1, -0.05) is 17.7 Å². The number of benzene rings is 1. The van der Waals surface area contributed by atoms with Crippen LogP contribution in [-0.4, -0.2) is 51.5 Å². The molecule has 0 spiro atoms. The Bertz CT molecular complexity index is 735. The number of nitrogens with zero attached hydrogens (tertiary/aromatic N) is 2. The van der Waals surface area contributed by atoms with Gasteiger partial charge in [-0.3, -0.25) is 0 Å².